The predicted molar refractivity (Wildman–Crippen MR) is 44.1 cm³/mol. The van der Waals surface area contributed by atoms with Crippen LogP contribution in [0.2, 0.25) is 0 Å². The van der Waals surface area contributed by atoms with E-state index < -0.39 is 5.97 Å². The molecule has 0 bridgehead atoms. The first kappa shape index (κ1) is 9.05. The number of nitrogens with zero attached hydrogens (tertiary/aromatic N) is 2. The van der Waals surface area contributed by atoms with Gasteiger partial charge in [-0.1, -0.05) is 18.7 Å². The number of rotatable bonds is 3. The van der Waals surface area contributed by atoms with Crippen LogP contribution in [0.3, 0.4) is 0 Å². The standard InChI is InChI=1S/C6H9N3O2S/c1-3-12-6-7-4(8-9-6)5(10)11-2/h3H2,1-2H3,(H,7,8,9). The van der Waals surface area contributed by atoms with Gasteiger partial charge in [0.05, 0.1) is 7.11 Å². The first-order valence-corrected chi connectivity index (χ1v) is 4.40. The number of methoxy groups -OCH3 is 1. The highest BCUT2D eigenvalue weighted by Gasteiger charge is 2.11. The number of thioether (sulfide) groups is 1. The molecule has 1 rings (SSSR count). The summed E-state index contributed by atoms with van der Waals surface area (Å²) in [4.78, 5) is 14.7. The van der Waals surface area contributed by atoms with E-state index in [2.05, 4.69) is 19.9 Å². The molecule has 1 aromatic rings. The van der Waals surface area contributed by atoms with Crippen molar-refractivity contribution in [2.75, 3.05) is 12.9 Å². The second-order valence-corrected chi connectivity index (χ2v) is 3.14. The maximum Gasteiger partial charge on any atom is 0.377 e. The third kappa shape index (κ3) is 1.97. The number of aromatic nitrogens is 3. The van der Waals surface area contributed by atoms with Gasteiger partial charge in [-0.15, -0.1) is 5.10 Å². The molecule has 0 aliphatic carbocycles. The minimum absolute atomic E-state index is 0.0773. The van der Waals surface area contributed by atoms with E-state index >= 15 is 0 Å². The molecule has 0 saturated carbocycles. The van der Waals surface area contributed by atoms with Gasteiger partial charge in [-0.3, -0.25) is 5.10 Å². The molecule has 1 heterocycles. The van der Waals surface area contributed by atoms with Crippen LogP contribution in [0, 0.1) is 0 Å². The monoisotopic (exact) mass is 187 g/mol. The van der Waals surface area contributed by atoms with E-state index in [1.54, 1.807) is 0 Å². The van der Waals surface area contributed by atoms with Crippen molar-refractivity contribution in [3.8, 4) is 0 Å². The van der Waals surface area contributed by atoms with E-state index in [-0.39, 0.29) is 5.82 Å². The molecule has 0 aromatic carbocycles. The minimum Gasteiger partial charge on any atom is -0.463 e. The number of carbonyl (C=O) groups is 1. The van der Waals surface area contributed by atoms with Crippen LogP contribution < -0.4 is 0 Å². The van der Waals surface area contributed by atoms with Crippen LogP contribution in [-0.2, 0) is 4.74 Å². The Balaban J connectivity index is 2.70. The summed E-state index contributed by atoms with van der Waals surface area (Å²) in [6, 6.07) is 0. The molecule has 1 aromatic heterocycles. The Labute approximate surface area is 73.9 Å². The lowest BCUT2D eigenvalue weighted by Gasteiger charge is -1.89. The van der Waals surface area contributed by atoms with Gasteiger partial charge in [0, 0.05) is 0 Å². The lowest BCUT2D eigenvalue weighted by Crippen LogP contribution is -2.03. The van der Waals surface area contributed by atoms with Crippen LogP contribution in [0.4, 0.5) is 0 Å². The second kappa shape index (κ2) is 4.10. The number of hydrogen-bond acceptors (Lipinski definition) is 5. The van der Waals surface area contributed by atoms with Crippen molar-refractivity contribution >= 4 is 17.7 Å². The molecule has 0 aliphatic rings. The van der Waals surface area contributed by atoms with Crippen molar-refractivity contribution in [2.24, 2.45) is 0 Å². The molecular formula is C6H9N3O2S. The summed E-state index contributed by atoms with van der Waals surface area (Å²) in [6.07, 6.45) is 0. The van der Waals surface area contributed by atoms with Crippen LogP contribution in [0.25, 0.3) is 0 Å². The fourth-order valence-electron chi connectivity index (χ4n) is 0.631. The maximum absolute atomic E-state index is 10.9. The average Bonchev–Trinajstić information content (AvgIpc) is 2.52. The molecule has 0 amide bonds. The molecule has 0 unspecified atom stereocenters. The molecule has 66 valence electrons. The molecule has 0 aliphatic heterocycles. The highest BCUT2D eigenvalue weighted by molar-refractivity contribution is 7.99. The lowest BCUT2D eigenvalue weighted by atomic mass is 10.6. The largest absolute Gasteiger partial charge is 0.463 e. The summed E-state index contributed by atoms with van der Waals surface area (Å²) < 4.78 is 4.43. The Kier molecular flexibility index (Phi) is 3.09. The third-order valence-electron chi connectivity index (χ3n) is 1.11. The van der Waals surface area contributed by atoms with Crippen molar-refractivity contribution in [1.82, 2.24) is 15.2 Å². The fraction of sp³-hybridized carbons (Fsp3) is 0.500. The van der Waals surface area contributed by atoms with Crippen molar-refractivity contribution < 1.29 is 9.53 Å². The summed E-state index contributed by atoms with van der Waals surface area (Å²) in [5.74, 6) is 0.443. The zero-order valence-electron chi connectivity index (χ0n) is 6.83. The van der Waals surface area contributed by atoms with E-state index in [1.807, 2.05) is 6.92 Å². The molecule has 5 nitrogen and oxygen atoms in total. The Morgan fingerprint density at radius 3 is 3.08 bits per heavy atom. The normalized spacial score (nSPS) is 9.83. The second-order valence-electron chi connectivity index (χ2n) is 1.89. The Morgan fingerprint density at radius 1 is 1.75 bits per heavy atom. The zero-order chi connectivity index (χ0) is 8.97. The number of ether oxygens (including phenoxy) is 1. The smallest absolute Gasteiger partial charge is 0.377 e. The highest BCUT2D eigenvalue weighted by atomic mass is 32.2. The summed E-state index contributed by atoms with van der Waals surface area (Å²) in [5.41, 5.74) is 0. The van der Waals surface area contributed by atoms with Gasteiger partial charge in [0.1, 0.15) is 0 Å². The Morgan fingerprint density at radius 2 is 2.50 bits per heavy atom. The van der Waals surface area contributed by atoms with E-state index in [0.717, 1.165) is 5.75 Å². The molecule has 1 N–H and O–H groups in total. The topological polar surface area (TPSA) is 67.9 Å². The number of aromatic amines is 1. The first-order chi connectivity index (χ1) is 5.77. The van der Waals surface area contributed by atoms with Crippen LogP contribution in [0.1, 0.15) is 17.5 Å². The first-order valence-electron chi connectivity index (χ1n) is 3.41. The van der Waals surface area contributed by atoms with E-state index in [4.69, 9.17) is 0 Å². The van der Waals surface area contributed by atoms with E-state index in [0.29, 0.717) is 5.16 Å². The molecule has 6 heteroatoms. The Bertz CT molecular complexity index is 274. The van der Waals surface area contributed by atoms with Gasteiger partial charge in [-0.2, -0.15) is 4.98 Å². The van der Waals surface area contributed by atoms with E-state index in [9.17, 15) is 4.79 Å². The summed E-state index contributed by atoms with van der Waals surface area (Å²) in [5, 5.41) is 6.93. The molecule has 0 saturated heterocycles. The van der Waals surface area contributed by atoms with Gasteiger partial charge in [-0.05, 0) is 5.75 Å². The van der Waals surface area contributed by atoms with Crippen molar-refractivity contribution in [3.05, 3.63) is 5.82 Å². The number of H-pyrrole nitrogens is 1. The van der Waals surface area contributed by atoms with Gasteiger partial charge in [-0.25, -0.2) is 4.79 Å². The van der Waals surface area contributed by atoms with Crippen LogP contribution in [0.15, 0.2) is 5.16 Å². The quantitative estimate of drug-likeness (QED) is 0.557. The molecule has 0 spiro atoms. The fourth-order valence-corrected chi connectivity index (χ4v) is 1.17. The average molecular weight is 187 g/mol. The van der Waals surface area contributed by atoms with Crippen LogP contribution in [0.5, 0.6) is 0 Å². The summed E-state index contributed by atoms with van der Waals surface area (Å²) in [6.45, 7) is 1.99. The number of esters is 1. The molecule has 0 atom stereocenters. The zero-order valence-corrected chi connectivity index (χ0v) is 7.64. The van der Waals surface area contributed by atoms with Gasteiger partial charge < -0.3 is 4.74 Å². The lowest BCUT2D eigenvalue weighted by molar-refractivity contribution is 0.0587. The van der Waals surface area contributed by atoms with E-state index in [1.165, 1.54) is 18.9 Å². The summed E-state index contributed by atoms with van der Waals surface area (Å²) in [7, 11) is 1.30. The van der Waals surface area contributed by atoms with Gasteiger partial charge in [0.25, 0.3) is 5.82 Å². The third-order valence-corrected chi connectivity index (χ3v) is 1.86. The van der Waals surface area contributed by atoms with Crippen LogP contribution >= 0.6 is 11.8 Å². The molecule has 0 fully saturated rings. The van der Waals surface area contributed by atoms with Gasteiger partial charge >= 0.3 is 5.97 Å². The summed E-state index contributed by atoms with van der Waals surface area (Å²) >= 11 is 1.49. The predicted octanol–water partition coefficient (Wildman–Crippen LogP) is 0.703. The van der Waals surface area contributed by atoms with Gasteiger partial charge in [0.2, 0.25) is 0 Å². The highest BCUT2D eigenvalue weighted by Crippen LogP contribution is 2.10. The molecular weight excluding hydrogens is 178 g/mol. The maximum atomic E-state index is 10.9. The number of hydrogen-bond donors (Lipinski definition) is 1. The molecule has 0 radical (unpaired) electrons. The molecule has 12 heavy (non-hydrogen) atoms. The van der Waals surface area contributed by atoms with Crippen molar-refractivity contribution in [2.45, 2.75) is 12.1 Å². The SMILES string of the molecule is CCSc1nc(C(=O)OC)n[nH]1. The number of carbonyl (C=O) groups excluding carboxylic acids is 1. The van der Waals surface area contributed by atoms with Crippen molar-refractivity contribution in [1.29, 1.82) is 0 Å². The van der Waals surface area contributed by atoms with Crippen molar-refractivity contribution in [3.63, 3.8) is 0 Å². The van der Waals surface area contributed by atoms with Crippen LogP contribution in [-0.4, -0.2) is 34.0 Å². The minimum atomic E-state index is -0.519. The van der Waals surface area contributed by atoms with Gasteiger partial charge in [0.15, 0.2) is 5.16 Å². The Hall–Kier alpha value is -1.04. The number of nitrogens with one attached hydrogen (secondary N) is 1.